The molecular weight excluding hydrogens is 427 g/mol. The van der Waals surface area contributed by atoms with Crippen LogP contribution in [-0.4, -0.2) is 11.6 Å². The quantitative estimate of drug-likeness (QED) is 0.335. The molecule has 0 spiro atoms. The molecule has 5 rings (SSSR count). The largest absolute Gasteiger partial charge is 0.457 e. The summed E-state index contributed by atoms with van der Waals surface area (Å²) in [6, 6.07) is 26.7. The number of amides is 1. The maximum atomic E-state index is 13.5. The summed E-state index contributed by atoms with van der Waals surface area (Å²) in [6.45, 7) is 0. The van der Waals surface area contributed by atoms with Crippen molar-refractivity contribution >= 4 is 35.0 Å². The van der Waals surface area contributed by atoms with Gasteiger partial charge in [0.05, 0.1) is 16.3 Å². The molecule has 0 saturated heterocycles. The van der Waals surface area contributed by atoms with Gasteiger partial charge < -0.3 is 4.42 Å². The van der Waals surface area contributed by atoms with Gasteiger partial charge in [-0.2, -0.15) is 10.1 Å². The third-order valence-electron chi connectivity index (χ3n) is 5.04. The van der Waals surface area contributed by atoms with Crippen molar-refractivity contribution in [3.8, 4) is 11.3 Å². The van der Waals surface area contributed by atoms with Crippen molar-refractivity contribution in [2.45, 2.75) is 0 Å². The molecule has 0 unspecified atom stereocenters. The van der Waals surface area contributed by atoms with Crippen LogP contribution in [0.4, 0.5) is 10.1 Å². The first-order chi connectivity index (χ1) is 15.6. The van der Waals surface area contributed by atoms with Crippen LogP contribution in [0, 0.1) is 5.82 Å². The topological polar surface area (TPSA) is 45.8 Å². The van der Waals surface area contributed by atoms with Crippen LogP contribution in [-0.2, 0) is 4.79 Å². The number of hydrogen-bond donors (Lipinski definition) is 0. The van der Waals surface area contributed by atoms with Gasteiger partial charge in [-0.05, 0) is 48.5 Å². The number of rotatable bonds is 4. The van der Waals surface area contributed by atoms with E-state index in [9.17, 15) is 9.18 Å². The molecule has 0 saturated carbocycles. The van der Waals surface area contributed by atoms with E-state index in [-0.39, 0.29) is 10.9 Å². The lowest BCUT2D eigenvalue weighted by atomic mass is 10.0. The molecular formula is C26H16ClFN2O2. The normalized spacial score (nSPS) is 14.8. The highest BCUT2D eigenvalue weighted by Crippen LogP contribution is 2.30. The molecule has 0 bridgehead atoms. The number of hydrogen-bond acceptors (Lipinski definition) is 3. The second-order valence-electron chi connectivity index (χ2n) is 7.16. The number of anilines is 1. The van der Waals surface area contributed by atoms with Crippen LogP contribution in [0.1, 0.15) is 11.3 Å². The first-order valence-electron chi connectivity index (χ1n) is 9.91. The van der Waals surface area contributed by atoms with Crippen LogP contribution < -0.4 is 5.01 Å². The zero-order chi connectivity index (χ0) is 22.1. The zero-order valence-electron chi connectivity index (χ0n) is 16.7. The molecule has 156 valence electrons. The molecule has 0 radical (unpaired) electrons. The predicted molar refractivity (Wildman–Crippen MR) is 124 cm³/mol. The Hall–Kier alpha value is -3.96. The van der Waals surface area contributed by atoms with Crippen LogP contribution in [0.5, 0.6) is 0 Å². The molecule has 0 atom stereocenters. The average Bonchev–Trinajstić information content (AvgIpc) is 3.42. The Balaban J connectivity index is 1.55. The Morgan fingerprint density at radius 1 is 0.875 bits per heavy atom. The van der Waals surface area contributed by atoms with Crippen molar-refractivity contribution in [1.29, 1.82) is 0 Å². The Morgan fingerprint density at radius 2 is 1.59 bits per heavy atom. The van der Waals surface area contributed by atoms with Gasteiger partial charge in [0, 0.05) is 11.1 Å². The maximum absolute atomic E-state index is 13.5. The number of furan rings is 1. The summed E-state index contributed by atoms with van der Waals surface area (Å²) in [5.74, 6) is 0.244. The number of nitrogens with zero attached hydrogens (tertiary/aromatic N) is 2. The number of hydrazone groups is 1. The first kappa shape index (κ1) is 20.0. The molecule has 1 amide bonds. The first-order valence-corrected chi connectivity index (χ1v) is 10.3. The fourth-order valence-corrected chi connectivity index (χ4v) is 3.66. The van der Waals surface area contributed by atoms with Gasteiger partial charge >= 0.3 is 0 Å². The number of halogens is 2. The van der Waals surface area contributed by atoms with E-state index in [0.29, 0.717) is 34.1 Å². The number of para-hydroxylation sites is 1. The zero-order valence-corrected chi connectivity index (χ0v) is 17.5. The van der Waals surface area contributed by atoms with Crippen molar-refractivity contribution in [2.24, 2.45) is 5.10 Å². The Labute approximate surface area is 188 Å². The van der Waals surface area contributed by atoms with Crippen LogP contribution >= 0.6 is 11.6 Å². The van der Waals surface area contributed by atoms with Crippen molar-refractivity contribution in [3.63, 3.8) is 0 Å². The molecule has 0 N–H and O–H groups in total. The van der Waals surface area contributed by atoms with Gasteiger partial charge in [0.2, 0.25) is 0 Å². The minimum atomic E-state index is -0.495. The van der Waals surface area contributed by atoms with Crippen LogP contribution in [0.2, 0.25) is 5.02 Å². The highest BCUT2D eigenvalue weighted by atomic mass is 35.5. The average molecular weight is 443 g/mol. The second-order valence-corrected chi connectivity index (χ2v) is 7.56. The Kier molecular flexibility index (Phi) is 5.17. The third-order valence-corrected chi connectivity index (χ3v) is 5.33. The number of carbonyl (C=O) groups is 1. The molecule has 1 aromatic heterocycles. The van der Waals surface area contributed by atoms with Crippen LogP contribution in [0.15, 0.2) is 106 Å². The van der Waals surface area contributed by atoms with E-state index in [1.165, 1.54) is 17.1 Å². The lowest BCUT2D eigenvalue weighted by Gasteiger charge is -2.10. The molecule has 1 aliphatic rings. The minimum Gasteiger partial charge on any atom is -0.457 e. The molecule has 0 aliphatic carbocycles. The van der Waals surface area contributed by atoms with E-state index in [1.807, 2.05) is 60.7 Å². The maximum Gasteiger partial charge on any atom is 0.281 e. The molecule has 1 aliphatic heterocycles. The smallest absolute Gasteiger partial charge is 0.281 e. The van der Waals surface area contributed by atoms with Crippen LogP contribution in [0.25, 0.3) is 17.4 Å². The molecule has 0 fully saturated rings. The van der Waals surface area contributed by atoms with Gasteiger partial charge in [-0.25, -0.2) is 4.39 Å². The molecule has 2 heterocycles. The molecule has 4 aromatic rings. The summed E-state index contributed by atoms with van der Waals surface area (Å²) in [7, 11) is 0. The summed E-state index contributed by atoms with van der Waals surface area (Å²) in [5, 5.41) is 6.01. The number of benzene rings is 3. The van der Waals surface area contributed by atoms with Gasteiger partial charge in [0.1, 0.15) is 23.0 Å². The van der Waals surface area contributed by atoms with E-state index in [0.717, 1.165) is 5.56 Å². The van der Waals surface area contributed by atoms with Crippen molar-refractivity contribution in [2.75, 3.05) is 5.01 Å². The van der Waals surface area contributed by atoms with E-state index in [4.69, 9.17) is 16.0 Å². The molecule has 32 heavy (non-hydrogen) atoms. The third kappa shape index (κ3) is 3.74. The lowest BCUT2D eigenvalue weighted by Crippen LogP contribution is -2.21. The van der Waals surface area contributed by atoms with Crippen molar-refractivity contribution in [1.82, 2.24) is 0 Å². The van der Waals surface area contributed by atoms with Gasteiger partial charge in [0.25, 0.3) is 5.91 Å². The minimum absolute atomic E-state index is 0.0155. The second kappa shape index (κ2) is 8.29. The molecule has 3 aromatic carbocycles. The van der Waals surface area contributed by atoms with E-state index in [1.54, 1.807) is 24.3 Å². The summed E-state index contributed by atoms with van der Waals surface area (Å²) < 4.78 is 19.4. The van der Waals surface area contributed by atoms with Gasteiger partial charge in [0.15, 0.2) is 0 Å². The van der Waals surface area contributed by atoms with Crippen LogP contribution in [0.3, 0.4) is 0 Å². The van der Waals surface area contributed by atoms with Crippen molar-refractivity contribution in [3.05, 3.63) is 119 Å². The highest BCUT2D eigenvalue weighted by molar-refractivity contribution is 6.37. The van der Waals surface area contributed by atoms with Crippen molar-refractivity contribution < 1.29 is 13.6 Å². The Bertz CT molecular complexity index is 1360. The summed E-state index contributed by atoms with van der Waals surface area (Å²) in [5.41, 5.74) is 3.11. The van der Waals surface area contributed by atoms with E-state index < -0.39 is 5.82 Å². The van der Waals surface area contributed by atoms with Gasteiger partial charge in [-0.1, -0.05) is 60.1 Å². The fraction of sp³-hybridized carbons (Fsp3) is 0. The van der Waals surface area contributed by atoms with Gasteiger partial charge in [-0.15, -0.1) is 0 Å². The predicted octanol–water partition coefficient (Wildman–Crippen LogP) is 6.57. The van der Waals surface area contributed by atoms with Gasteiger partial charge in [-0.3, -0.25) is 4.79 Å². The summed E-state index contributed by atoms with van der Waals surface area (Å²) >= 11 is 5.89. The molecule has 6 heteroatoms. The molecule has 4 nitrogen and oxygen atoms in total. The summed E-state index contributed by atoms with van der Waals surface area (Å²) in [6.07, 6.45) is 1.67. The number of carbonyl (C=O) groups excluding carboxylic acids is 1. The fourth-order valence-electron chi connectivity index (χ4n) is 3.48. The summed E-state index contributed by atoms with van der Waals surface area (Å²) in [4.78, 5) is 13.3. The van der Waals surface area contributed by atoms with E-state index in [2.05, 4.69) is 5.10 Å². The highest BCUT2D eigenvalue weighted by Gasteiger charge is 2.32. The lowest BCUT2D eigenvalue weighted by molar-refractivity contribution is -0.114. The Morgan fingerprint density at radius 3 is 2.31 bits per heavy atom. The van der Waals surface area contributed by atoms with E-state index >= 15 is 0 Å². The standard InChI is InChI=1S/C26H16ClFN2O2/c27-22-15-18(11-13-23(22)28)24-14-12-20(32-24)16-21-25(17-7-3-1-4-8-17)29-30(26(21)31)19-9-5-2-6-10-19/h1-16H/b21-16-. The monoisotopic (exact) mass is 442 g/mol. The SMILES string of the molecule is O=C1/C(=C\c2ccc(-c3ccc(F)c(Cl)c3)o2)C(c2ccccc2)=NN1c1ccccc1.